The molecule has 0 spiro atoms. The zero-order valence-electron chi connectivity index (χ0n) is 15.2. The number of nitrogens with one attached hydrogen (secondary N) is 2. The van der Waals surface area contributed by atoms with Crippen LogP contribution in [-0.2, 0) is 6.54 Å². The summed E-state index contributed by atoms with van der Waals surface area (Å²) in [7, 11) is 3.40. The van der Waals surface area contributed by atoms with Crippen LogP contribution in [0.1, 0.15) is 54.9 Å². The lowest BCUT2D eigenvalue weighted by atomic mass is 10.1. The van der Waals surface area contributed by atoms with Crippen LogP contribution in [-0.4, -0.2) is 41.6 Å². The molecule has 25 heavy (non-hydrogen) atoms. The average Bonchev–Trinajstić information content (AvgIpc) is 2.87. The summed E-state index contributed by atoms with van der Waals surface area (Å²) in [6, 6.07) is 7.10. The molecule has 0 aliphatic carbocycles. The van der Waals surface area contributed by atoms with Crippen molar-refractivity contribution in [3.63, 3.8) is 0 Å². The number of aryl methyl sites for hydroxylation is 1. The van der Waals surface area contributed by atoms with Crippen molar-refractivity contribution in [3.8, 4) is 0 Å². The van der Waals surface area contributed by atoms with E-state index in [9.17, 15) is 14.4 Å². The fourth-order valence-corrected chi connectivity index (χ4v) is 2.80. The first-order valence-electron chi connectivity index (χ1n) is 8.01. The molecule has 1 aromatic carbocycles. The number of H-pyrrole nitrogens is 1. The fourth-order valence-electron chi connectivity index (χ4n) is 2.80. The molecule has 0 atom stereocenters. The van der Waals surface area contributed by atoms with Crippen LogP contribution in [0.5, 0.6) is 0 Å². The van der Waals surface area contributed by atoms with Gasteiger partial charge in [-0.3, -0.25) is 14.4 Å². The first kappa shape index (κ1) is 18.4. The maximum Gasteiger partial charge on any atom is 0.268 e. The van der Waals surface area contributed by atoms with Crippen molar-refractivity contribution in [3.05, 3.63) is 57.9 Å². The molecule has 2 aromatic rings. The molecular weight excluding hydrogens is 318 g/mol. The molecule has 1 heterocycles. The Balaban J connectivity index is 2.07. The number of aromatic nitrogens is 1. The van der Waals surface area contributed by atoms with Gasteiger partial charge in [0.25, 0.3) is 11.8 Å². The lowest BCUT2D eigenvalue weighted by Crippen LogP contribution is -2.24. The lowest BCUT2D eigenvalue weighted by molar-refractivity contribution is 0.0826. The van der Waals surface area contributed by atoms with E-state index in [1.807, 2.05) is 12.1 Å². The summed E-state index contributed by atoms with van der Waals surface area (Å²) in [6.07, 6.45) is 0. The molecule has 0 aliphatic rings. The molecule has 0 aliphatic heterocycles. The van der Waals surface area contributed by atoms with Gasteiger partial charge in [0.1, 0.15) is 5.69 Å². The Hall–Kier alpha value is -2.89. The van der Waals surface area contributed by atoms with E-state index in [-0.39, 0.29) is 17.6 Å². The van der Waals surface area contributed by atoms with Gasteiger partial charge >= 0.3 is 0 Å². The first-order chi connectivity index (χ1) is 11.7. The van der Waals surface area contributed by atoms with Gasteiger partial charge in [0.2, 0.25) is 0 Å². The Bertz CT molecular complexity index is 817. The maximum atomic E-state index is 12.4. The number of aromatic amines is 1. The van der Waals surface area contributed by atoms with E-state index in [2.05, 4.69) is 10.3 Å². The predicted molar refractivity (Wildman–Crippen MR) is 95.9 cm³/mol. The van der Waals surface area contributed by atoms with Crippen LogP contribution in [0.15, 0.2) is 24.3 Å². The highest BCUT2D eigenvalue weighted by Crippen LogP contribution is 2.18. The van der Waals surface area contributed by atoms with Crippen LogP contribution in [0.3, 0.4) is 0 Å². The molecular formula is C19H23N3O3. The minimum atomic E-state index is -0.262. The number of hydrogen-bond acceptors (Lipinski definition) is 3. The van der Waals surface area contributed by atoms with Gasteiger partial charge in [0.15, 0.2) is 5.78 Å². The van der Waals surface area contributed by atoms with Crippen LogP contribution >= 0.6 is 0 Å². The number of Topliss-reactive ketones (excluding diaryl/α,β-unsaturated/α-hetero) is 1. The summed E-state index contributed by atoms with van der Waals surface area (Å²) in [5.41, 5.74) is 3.81. The number of ketones is 1. The standard InChI is InChI=1S/C19H23N3O3/c1-11-16(13(3)23)12(2)21-17(11)18(24)20-10-14-6-8-15(9-7-14)19(25)22(4)5/h6-9,21H,10H2,1-5H3,(H,20,24). The first-order valence-corrected chi connectivity index (χ1v) is 8.01. The minimum Gasteiger partial charge on any atom is -0.354 e. The number of hydrogen-bond donors (Lipinski definition) is 2. The van der Waals surface area contributed by atoms with Crippen molar-refractivity contribution in [1.29, 1.82) is 0 Å². The second-order valence-corrected chi connectivity index (χ2v) is 6.26. The van der Waals surface area contributed by atoms with Gasteiger partial charge in [0, 0.05) is 37.5 Å². The minimum absolute atomic E-state index is 0.0635. The number of rotatable bonds is 5. The van der Waals surface area contributed by atoms with E-state index in [0.717, 1.165) is 5.56 Å². The Kier molecular flexibility index (Phi) is 5.41. The van der Waals surface area contributed by atoms with Gasteiger partial charge in [-0.05, 0) is 44.0 Å². The number of nitrogens with zero attached hydrogens (tertiary/aromatic N) is 1. The zero-order valence-corrected chi connectivity index (χ0v) is 15.2. The molecule has 2 N–H and O–H groups in total. The van der Waals surface area contributed by atoms with E-state index in [1.54, 1.807) is 40.1 Å². The largest absolute Gasteiger partial charge is 0.354 e. The number of carbonyl (C=O) groups is 3. The quantitative estimate of drug-likeness (QED) is 0.820. The Morgan fingerprint density at radius 2 is 1.68 bits per heavy atom. The summed E-state index contributed by atoms with van der Waals surface area (Å²) < 4.78 is 0. The molecule has 6 heteroatoms. The summed E-state index contributed by atoms with van der Waals surface area (Å²) in [6.45, 7) is 5.36. The van der Waals surface area contributed by atoms with Gasteiger partial charge in [-0.1, -0.05) is 12.1 Å². The van der Waals surface area contributed by atoms with Crippen molar-refractivity contribution in [2.24, 2.45) is 0 Å². The third-order valence-corrected chi connectivity index (χ3v) is 4.08. The van der Waals surface area contributed by atoms with Crippen molar-refractivity contribution in [2.75, 3.05) is 14.1 Å². The van der Waals surface area contributed by atoms with Gasteiger partial charge in [-0.15, -0.1) is 0 Å². The van der Waals surface area contributed by atoms with Crippen LogP contribution in [0.2, 0.25) is 0 Å². The van der Waals surface area contributed by atoms with Gasteiger partial charge < -0.3 is 15.2 Å². The summed E-state index contributed by atoms with van der Waals surface area (Å²) in [4.78, 5) is 40.4. The molecule has 0 fully saturated rings. The van der Waals surface area contributed by atoms with Crippen molar-refractivity contribution >= 4 is 17.6 Å². The average molecular weight is 341 g/mol. The molecule has 0 radical (unpaired) electrons. The van der Waals surface area contributed by atoms with Crippen LogP contribution in [0.4, 0.5) is 0 Å². The van der Waals surface area contributed by atoms with Crippen LogP contribution < -0.4 is 5.32 Å². The van der Waals surface area contributed by atoms with E-state index in [4.69, 9.17) is 0 Å². The third kappa shape index (κ3) is 3.96. The molecule has 2 amide bonds. The van der Waals surface area contributed by atoms with Crippen LogP contribution in [0, 0.1) is 13.8 Å². The molecule has 0 saturated carbocycles. The highest BCUT2D eigenvalue weighted by atomic mass is 16.2. The Morgan fingerprint density at radius 3 is 2.16 bits per heavy atom. The third-order valence-electron chi connectivity index (χ3n) is 4.08. The maximum absolute atomic E-state index is 12.4. The normalized spacial score (nSPS) is 10.4. The van der Waals surface area contributed by atoms with Gasteiger partial charge in [-0.2, -0.15) is 0 Å². The lowest BCUT2D eigenvalue weighted by Gasteiger charge is -2.11. The number of carbonyl (C=O) groups excluding carboxylic acids is 3. The highest BCUT2D eigenvalue weighted by Gasteiger charge is 2.19. The summed E-state index contributed by atoms with van der Waals surface area (Å²) >= 11 is 0. The molecule has 132 valence electrons. The molecule has 2 rings (SSSR count). The molecule has 1 aromatic heterocycles. The SMILES string of the molecule is CC(=O)c1c(C)[nH]c(C(=O)NCc2ccc(C(=O)N(C)C)cc2)c1C. The molecule has 0 unspecified atom stereocenters. The van der Waals surface area contributed by atoms with Gasteiger partial charge in [-0.25, -0.2) is 0 Å². The predicted octanol–water partition coefficient (Wildman–Crippen LogP) is 2.47. The fraction of sp³-hybridized carbons (Fsp3) is 0.316. The van der Waals surface area contributed by atoms with Crippen molar-refractivity contribution in [2.45, 2.75) is 27.3 Å². The van der Waals surface area contributed by atoms with Gasteiger partial charge in [0.05, 0.1) is 0 Å². The van der Waals surface area contributed by atoms with Crippen LogP contribution in [0.25, 0.3) is 0 Å². The van der Waals surface area contributed by atoms with E-state index < -0.39 is 0 Å². The number of benzene rings is 1. The second-order valence-electron chi connectivity index (χ2n) is 6.26. The summed E-state index contributed by atoms with van der Waals surface area (Å²) in [5, 5.41) is 2.83. The molecule has 0 bridgehead atoms. The smallest absolute Gasteiger partial charge is 0.268 e. The highest BCUT2D eigenvalue weighted by molar-refractivity contribution is 6.02. The van der Waals surface area contributed by atoms with Crippen molar-refractivity contribution in [1.82, 2.24) is 15.2 Å². The Labute approximate surface area is 147 Å². The Morgan fingerprint density at radius 1 is 1.08 bits per heavy atom. The monoisotopic (exact) mass is 341 g/mol. The zero-order chi connectivity index (χ0) is 18.7. The second kappa shape index (κ2) is 7.34. The van der Waals surface area contributed by atoms with E-state index in [0.29, 0.717) is 34.6 Å². The summed E-state index contributed by atoms with van der Waals surface area (Å²) in [5.74, 6) is -0.391. The molecule has 0 saturated heterocycles. The topological polar surface area (TPSA) is 82.3 Å². The number of amides is 2. The van der Waals surface area contributed by atoms with E-state index >= 15 is 0 Å². The van der Waals surface area contributed by atoms with E-state index in [1.165, 1.54) is 11.8 Å². The van der Waals surface area contributed by atoms with Crippen molar-refractivity contribution < 1.29 is 14.4 Å². The molecule has 6 nitrogen and oxygen atoms in total.